The lowest BCUT2D eigenvalue weighted by atomic mass is 9.92. The first-order valence-electron chi connectivity index (χ1n) is 9.71. The largest absolute Gasteiger partial charge is 0.497 e. The van der Waals surface area contributed by atoms with E-state index in [2.05, 4.69) is 10.3 Å². The topological polar surface area (TPSA) is 76.4 Å². The van der Waals surface area contributed by atoms with Crippen LogP contribution in [0, 0.1) is 0 Å². The Hall–Kier alpha value is -2.86. The predicted octanol–water partition coefficient (Wildman–Crippen LogP) is 3.13. The summed E-state index contributed by atoms with van der Waals surface area (Å²) in [5.74, 6) is 0.636. The third-order valence-corrected chi connectivity index (χ3v) is 5.44. The maximum Gasteiger partial charge on any atom is 0.255 e. The zero-order chi connectivity index (χ0) is 19.5. The average molecular weight is 379 g/mol. The Kier molecular flexibility index (Phi) is 5.30. The highest BCUT2D eigenvalue weighted by atomic mass is 16.5. The number of hydrogen-bond donors (Lipinski definition) is 2. The minimum Gasteiger partial charge on any atom is -0.497 e. The Labute approximate surface area is 164 Å². The number of amides is 1. The Morgan fingerprint density at radius 1 is 1.25 bits per heavy atom. The fraction of sp³-hybridized carbons (Fsp3) is 0.364. The molecule has 146 valence electrons. The number of aromatic nitrogens is 2. The number of methoxy groups -OCH3 is 1. The minimum atomic E-state index is -0.474. The van der Waals surface area contributed by atoms with Crippen molar-refractivity contribution in [1.82, 2.24) is 14.9 Å². The van der Waals surface area contributed by atoms with Gasteiger partial charge in [0.15, 0.2) is 0 Å². The van der Waals surface area contributed by atoms with Gasteiger partial charge in [0.25, 0.3) is 5.91 Å². The second kappa shape index (κ2) is 8.02. The molecule has 1 fully saturated rings. The third kappa shape index (κ3) is 3.73. The van der Waals surface area contributed by atoms with E-state index in [1.165, 1.54) is 0 Å². The number of ether oxygens (including phenoxy) is 1. The predicted molar refractivity (Wildman–Crippen MR) is 108 cm³/mol. The van der Waals surface area contributed by atoms with Crippen molar-refractivity contribution in [2.45, 2.75) is 44.4 Å². The van der Waals surface area contributed by atoms with E-state index in [9.17, 15) is 9.90 Å². The maximum atomic E-state index is 12.9. The van der Waals surface area contributed by atoms with Crippen molar-refractivity contribution in [3.8, 4) is 5.75 Å². The van der Waals surface area contributed by atoms with Crippen LogP contribution in [-0.4, -0.2) is 39.8 Å². The van der Waals surface area contributed by atoms with Crippen molar-refractivity contribution >= 4 is 16.9 Å². The third-order valence-electron chi connectivity index (χ3n) is 5.44. The van der Waals surface area contributed by atoms with Crippen LogP contribution < -0.4 is 10.1 Å². The molecule has 4 rings (SSSR count). The summed E-state index contributed by atoms with van der Waals surface area (Å²) in [6.07, 6.45) is 6.67. The molecule has 1 aromatic carbocycles. The van der Waals surface area contributed by atoms with Crippen LogP contribution in [0.2, 0.25) is 0 Å². The van der Waals surface area contributed by atoms with Crippen molar-refractivity contribution in [2.75, 3.05) is 7.11 Å². The van der Waals surface area contributed by atoms with Crippen LogP contribution in [0.3, 0.4) is 0 Å². The molecule has 2 atom stereocenters. The van der Waals surface area contributed by atoms with E-state index in [0.29, 0.717) is 17.6 Å². The number of rotatable bonds is 5. The molecule has 2 N–H and O–H groups in total. The van der Waals surface area contributed by atoms with Gasteiger partial charge in [-0.2, -0.15) is 0 Å². The second-order valence-electron chi connectivity index (χ2n) is 7.32. The van der Waals surface area contributed by atoms with E-state index in [0.717, 1.165) is 42.5 Å². The lowest BCUT2D eigenvalue weighted by molar-refractivity contribution is 0.0718. The number of benzene rings is 1. The lowest BCUT2D eigenvalue weighted by Gasteiger charge is -2.28. The molecule has 1 aliphatic carbocycles. The van der Waals surface area contributed by atoms with Crippen LogP contribution in [0.4, 0.5) is 0 Å². The number of aliphatic hydroxyl groups is 1. The van der Waals surface area contributed by atoms with Gasteiger partial charge in [0, 0.05) is 18.9 Å². The molecule has 0 radical (unpaired) electrons. The standard InChI is InChI=1S/C22H25N3O3/c1-28-16-10-8-15(9-11-16)13-25-14-17(21-19(25)6-4-12-23-21)22(27)24-18-5-2-3-7-20(18)26/h4,6,8-12,14,18,20,26H,2-3,5,7,13H2,1H3,(H,24,27). The van der Waals surface area contributed by atoms with Gasteiger partial charge in [-0.05, 0) is 42.7 Å². The van der Waals surface area contributed by atoms with Crippen molar-refractivity contribution in [3.05, 3.63) is 59.9 Å². The molecule has 2 unspecified atom stereocenters. The summed E-state index contributed by atoms with van der Waals surface area (Å²) in [6, 6.07) is 11.5. The Morgan fingerprint density at radius 3 is 2.79 bits per heavy atom. The van der Waals surface area contributed by atoms with Crippen molar-refractivity contribution in [2.24, 2.45) is 0 Å². The van der Waals surface area contributed by atoms with E-state index in [1.807, 2.05) is 47.2 Å². The van der Waals surface area contributed by atoms with Gasteiger partial charge >= 0.3 is 0 Å². The molecule has 2 aromatic heterocycles. The number of aliphatic hydroxyl groups excluding tert-OH is 1. The molecule has 1 amide bonds. The number of carbonyl (C=O) groups is 1. The number of nitrogens with zero attached hydrogens (tertiary/aromatic N) is 2. The molecular weight excluding hydrogens is 354 g/mol. The van der Waals surface area contributed by atoms with E-state index in [4.69, 9.17) is 4.74 Å². The van der Waals surface area contributed by atoms with Gasteiger partial charge in [-0.25, -0.2) is 0 Å². The zero-order valence-corrected chi connectivity index (χ0v) is 16.0. The van der Waals surface area contributed by atoms with Crippen molar-refractivity contribution in [1.29, 1.82) is 0 Å². The van der Waals surface area contributed by atoms with E-state index >= 15 is 0 Å². The van der Waals surface area contributed by atoms with Gasteiger partial charge in [-0.1, -0.05) is 25.0 Å². The summed E-state index contributed by atoms with van der Waals surface area (Å²) in [4.78, 5) is 17.4. The number of pyridine rings is 1. The highest BCUT2D eigenvalue weighted by molar-refractivity contribution is 6.05. The Bertz CT molecular complexity index is 965. The first-order chi connectivity index (χ1) is 13.7. The summed E-state index contributed by atoms with van der Waals surface area (Å²) in [5.41, 5.74) is 3.24. The van der Waals surface area contributed by atoms with Gasteiger partial charge in [0.2, 0.25) is 0 Å². The van der Waals surface area contributed by atoms with Crippen LogP contribution in [0.15, 0.2) is 48.8 Å². The Morgan fingerprint density at radius 2 is 2.04 bits per heavy atom. The first-order valence-corrected chi connectivity index (χ1v) is 9.71. The molecule has 0 aliphatic heterocycles. The van der Waals surface area contributed by atoms with Crippen LogP contribution in [0.25, 0.3) is 11.0 Å². The van der Waals surface area contributed by atoms with Gasteiger partial charge in [0.1, 0.15) is 11.3 Å². The second-order valence-corrected chi connectivity index (χ2v) is 7.32. The molecule has 2 heterocycles. The summed E-state index contributed by atoms with van der Waals surface area (Å²) >= 11 is 0. The number of nitrogens with one attached hydrogen (secondary N) is 1. The molecule has 1 aliphatic rings. The molecule has 6 nitrogen and oxygen atoms in total. The highest BCUT2D eigenvalue weighted by Gasteiger charge is 2.26. The van der Waals surface area contributed by atoms with Crippen LogP contribution >= 0.6 is 0 Å². The summed E-state index contributed by atoms with van der Waals surface area (Å²) in [5, 5.41) is 13.2. The van der Waals surface area contributed by atoms with E-state index in [-0.39, 0.29) is 11.9 Å². The summed E-state index contributed by atoms with van der Waals surface area (Å²) < 4.78 is 7.25. The average Bonchev–Trinajstić information content (AvgIpc) is 3.09. The number of hydrogen-bond acceptors (Lipinski definition) is 4. The van der Waals surface area contributed by atoms with E-state index < -0.39 is 6.10 Å². The Balaban J connectivity index is 1.61. The molecule has 0 saturated heterocycles. The van der Waals surface area contributed by atoms with Gasteiger partial charge < -0.3 is 19.7 Å². The SMILES string of the molecule is COc1ccc(Cn2cc(C(=O)NC3CCCCC3O)c3ncccc32)cc1. The van der Waals surface area contributed by atoms with Gasteiger partial charge in [-0.3, -0.25) is 9.78 Å². The molecule has 28 heavy (non-hydrogen) atoms. The number of fused-ring (bicyclic) bond motifs is 1. The molecule has 0 bridgehead atoms. The fourth-order valence-electron chi connectivity index (χ4n) is 3.87. The maximum absolute atomic E-state index is 12.9. The zero-order valence-electron chi connectivity index (χ0n) is 16.0. The van der Waals surface area contributed by atoms with Crippen molar-refractivity contribution < 1.29 is 14.6 Å². The van der Waals surface area contributed by atoms with Gasteiger partial charge in [-0.15, -0.1) is 0 Å². The van der Waals surface area contributed by atoms with Crippen LogP contribution in [0.5, 0.6) is 5.75 Å². The van der Waals surface area contributed by atoms with Crippen LogP contribution in [-0.2, 0) is 6.54 Å². The van der Waals surface area contributed by atoms with Gasteiger partial charge in [0.05, 0.1) is 30.3 Å². The quantitative estimate of drug-likeness (QED) is 0.714. The van der Waals surface area contributed by atoms with Crippen LogP contribution in [0.1, 0.15) is 41.6 Å². The fourth-order valence-corrected chi connectivity index (χ4v) is 3.87. The summed E-state index contributed by atoms with van der Waals surface area (Å²) in [7, 11) is 1.65. The van der Waals surface area contributed by atoms with E-state index in [1.54, 1.807) is 13.3 Å². The highest BCUT2D eigenvalue weighted by Crippen LogP contribution is 2.23. The number of carbonyl (C=O) groups excluding carboxylic acids is 1. The smallest absolute Gasteiger partial charge is 0.255 e. The molecular formula is C22H25N3O3. The first kappa shape index (κ1) is 18.5. The normalized spacial score (nSPS) is 19.5. The molecule has 1 saturated carbocycles. The summed E-state index contributed by atoms with van der Waals surface area (Å²) in [6.45, 7) is 0.630. The molecule has 0 spiro atoms. The molecule has 6 heteroatoms. The lowest BCUT2D eigenvalue weighted by Crippen LogP contribution is -2.45. The van der Waals surface area contributed by atoms with Crippen molar-refractivity contribution in [3.63, 3.8) is 0 Å². The monoisotopic (exact) mass is 379 g/mol. The molecule has 3 aromatic rings. The minimum absolute atomic E-state index is 0.178.